The van der Waals surface area contributed by atoms with E-state index in [1.54, 1.807) is 12.0 Å². The lowest BCUT2D eigenvalue weighted by Crippen LogP contribution is -2.50. The Kier molecular flexibility index (Phi) is 6.09. The molecule has 0 saturated carbocycles. The average molecular weight is 352 g/mol. The Morgan fingerprint density at radius 1 is 1.28 bits per heavy atom. The first-order chi connectivity index (χ1) is 12.2. The fourth-order valence-electron chi connectivity index (χ4n) is 3.36. The van der Waals surface area contributed by atoms with Crippen LogP contribution in [0.4, 0.5) is 4.39 Å². The maximum absolute atomic E-state index is 13.9. The van der Waals surface area contributed by atoms with E-state index in [1.165, 1.54) is 0 Å². The summed E-state index contributed by atoms with van der Waals surface area (Å²) < 4.78 is 30.2. The Balaban J connectivity index is 1.55. The number of hydrogen-bond acceptors (Lipinski definition) is 5. The molecule has 1 aromatic rings. The van der Waals surface area contributed by atoms with Crippen molar-refractivity contribution < 1.29 is 23.4 Å². The van der Waals surface area contributed by atoms with E-state index in [4.69, 9.17) is 14.2 Å². The van der Waals surface area contributed by atoms with E-state index in [0.29, 0.717) is 51.0 Å². The zero-order chi connectivity index (χ0) is 17.6. The lowest BCUT2D eigenvalue weighted by Gasteiger charge is -2.32. The maximum atomic E-state index is 13.9. The van der Waals surface area contributed by atoms with E-state index in [9.17, 15) is 9.18 Å². The van der Waals surface area contributed by atoms with Crippen molar-refractivity contribution in [1.29, 1.82) is 0 Å². The summed E-state index contributed by atoms with van der Waals surface area (Å²) in [7, 11) is 1.59. The molecule has 0 aliphatic carbocycles. The summed E-state index contributed by atoms with van der Waals surface area (Å²) in [6.07, 6.45) is -0.716. The molecule has 0 N–H and O–H groups in total. The van der Waals surface area contributed by atoms with Crippen LogP contribution in [0.15, 0.2) is 24.3 Å². The molecule has 2 fully saturated rings. The van der Waals surface area contributed by atoms with E-state index < -0.39 is 12.2 Å². The van der Waals surface area contributed by atoms with E-state index in [1.807, 2.05) is 29.2 Å². The third-order valence-corrected chi connectivity index (χ3v) is 4.67. The minimum Gasteiger partial charge on any atom is -0.493 e. The monoisotopic (exact) mass is 352 g/mol. The molecule has 2 atom stereocenters. The summed E-state index contributed by atoms with van der Waals surface area (Å²) in [6, 6.07) is 6.99. The first-order valence-corrected chi connectivity index (χ1v) is 8.69. The summed E-state index contributed by atoms with van der Waals surface area (Å²) in [6.45, 7) is 3.41. The third-order valence-electron chi connectivity index (χ3n) is 4.67. The van der Waals surface area contributed by atoms with Gasteiger partial charge in [-0.3, -0.25) is 9.69 Å². The van der Waals surface area contributed by atoms with E-state index in [0.717, 1.165) is 0 Å². The summed E-state index contributed by atoms with van der Waals surface area (Å²) in [4.78, 5) is 16.4. The van der Waals surface area contributed by atoms with Crippen LogP contribution in [0.1, 0.15) is 6.42 Å². The second kappa shape index (κ2) is 8.49. The van der Waals surface area contributed by atoms with E-state index >= 15 is 0 Å². The zero-order valence-corrected chi connectivity index (χ0v) is 14.5. The number of morpholine rings is 1. The van der Waals surface area contributed by atoms with Crippen molar-refractivity contribution in [3.05, 3.63) is 24.3 Å². The number of hydrogen-bond donors (Lipinski definition) is 0. The topological polar surface area (TPSA) is 51.2 Å². The number of nitrogens with zero attached hydrogens (tertiary/aromatic N) is 2. The van der Waals surface area contributed by atoms with Gasteiger partial charge in [0.05, 0.1) is 26.4 Å². The molecule has 0 radical (unpaired) electrons. The van der Waals surface area contributed by atoms with Crippen LogP contribution in [0.3, 0.4) is 0 Å². The van der Waals surface area contributed by atoms with Crippen LogP contribution < -0.4 is 9.47 Å². The molecule has 2 aliphatic heterocycles. The maximum Gasteiger partial charge on any atom is 0.240 e. The summed E-state index contributed by atoms with van der Waals surface area (Å²) in [5, 5.41) is 0. The highest BCUT2D eigenvalue weighted by atomic mass is 19.1. The van der Waals surface area contributed by atoms with Gasteiger partial charge in [-0.05, 0) is 12.1 Å². The molecule has 2 heterocycles. The molecule has 3 rings (SSSR count). The zero-order valence-electron chi connectivity index (χ0n) is 14.5. The number of methoxy groups -OCH3 is 1. The van der Waals surface area contributed by atoms with Crippen molar-refractivity contribution in [3.8, 4) is 11.5 Å². The Hall–Kier alpha value is -1.86. The number of carbonyl (C=O) groups is 1. The van der Waals surface area contributed by atoms with Gasteiger partial charge in [-0.2, -0.15) is 0 Å². The highest BCUT2D eigenvalue weighted by Crippen LogP contribution is 2.26. The average Bonchev–Trinajstić information content (AvgIpc) is 3.03. The minimum atomic E-state index is -0.971. The first-order valence-electron chi connectivity index (χ1n) is 8.69. The molecular weight excluding hydrogens is 327 g/mol. The summed E-state index contributed by atoms with van der Waals surface area (Å²) in [5.41, 5.74) is 0. The number of benzene rings is 1. The molecule has 0 spiro atoms. The fourth-order valence-corrected chi connectivity index (χ4v) is 3.36. The van der Waals surface area contributed by atoms with Gasteiger partial charge >= 0.3 is 0 Å². The Morgan fingerprint density at radius 3 is 2.72 bits per heavy atom. The first kappa shape index (κ1) is 17.9. The molecule has 25 heavy (non-hydrogen) atoms. The van der Waals surface area contributed by atoms with Crippen LogP contribution in [0, 0.1) is 0 Å². The van der Waals surface area contributed by atoms with Gasteiger partial charge in [0.1, 0.15) is 12.8 Å². The highest BCUT2D eigenvalue weighted by Gasteiger charge is 2.39. The van der Waals surface area contributed by atoms with Gasteiger partial charge in [0.2, 0.25) is 5.91 Å². The van der Waals surface area contributed by atoms with Crippen molar-refractivity contribution in [2.24, 2.45) is 0 Å². The molecule has 0 aromatic heterocycles. The molecule has 1 amide bonds. The third kappa shape index (κ3) is 4.41. The summed E-state index contributed by atoms with van der Waals surface area (Å²) >= 11 is 0. The number of amides is 1. The van der Waals surface area contributed by atoms with Gasteiger partial charge in [0.25, 0.3) is 0 Å². The van der Waals surface area contributed by atoms with Crippen molar-refractivity contribution in [1.82, 2.24) is 9.80 Å². The van der Waals surface area contributed by atoms with E-state index in [2.05, 4.69) is 0 Å². The standard InChI is InChI=1S/C18H25FN2O4/c1-23-16-4-2-3-5-17(16)25-11-8-21-13-14(19)12-15(21)18(22)20-6-9-24-10-7-20/h2-5,14-15H,6-13H2,1H3/t14-,15+/m1/s1. The van der Waals surface area contributed by atoms with E-state index in [-0.39, 0.29) is 18.9 Å². The molecule has 7 heteroatoms. The number of alkyl halides is 1. The summed E-state index contributed by atoms with van der Waals surface area (Å²) in [5.74, 6) is 1.31. The molecule has 138 valence electrons. The van der Waals surface area contributed by atoms with Crippen molar-refractivity contribution in [2.75, 3.05) is 53.1 Å². The Morgan fingerprint density at radius 2 is 2.00 bits per heavy atom. The van der Waals surface area contributed by atoms with Crippen LogP contribution in [-0.2, 0) is 9.53 Å². The number of carbonyl (C=O) groups excluding carboxylic acids is 1. The molecule has 2 saturated heterocycles. The predicted octanol–water partition coefficient (Wildman–Crippen LogP) is 1.35. The van der Waals surface area contributed by atoms with Crippen molar-refractivity contribution in [3.63, 3.8) is 0 Å². The Labute approximate surface area is 147 Å². The lowest BCUT2D eigenvalue weighted by atomic mass is 10.1. The number of ether oxygens (including phenoxy) is 3. The fraction of sp³-hybridized carbons (Fsp3) is 0.611. The molecule has 1 aromatic carbocycles. The molecule has 0 unspecified atom stereocenters. The quantitative estimate of drug-likeness (QED) is 0.773. The van der Waals surface area contributed by atoms with Crippen LogP contribution in [0.2, 0.25) is 0 Å². The Bertz CT molecular complexity index is 580. The van der Waals surface area contributed by atoms with Gasteiger partial charge < -0.3 is 19.1 Å². The number of rotatable bonds is 6. The lowest BCUT2D eigenvalue weighted by molar-refractivity contribution is -0.140. The normalized spacial score (nSPS) is 24.3. The molecule has 6 nitrogen and oxygen atoms in total. The second-order valence-electron chi connectivity index (χ2n) is 6.28. The largest absolute Gasteiger partial charge is 0.493 e. The molecule has 2 aliphatic rings. The van der Waals surface area contributed by atoms with Gasteiger partial charge in [-0.1, -0.05) is 12.1 Å². The van der Waals surface area contributed by atoms with Crippen molar-refractivity contribution in [2.45, 2.75) is 18.6 Å². The van der Waals surface area contributed by atoms with Crippen LogP contribution >= 0.6 is 0 Å². The number of likely N-dealkylation sites (tertiary alicyclic amines) is 1. The SMILES string of the molecule is COc1ccccc1OCCN1C[C@H](F)C[C@H]1C(=O)N1CCOCC1. The minimum absolute atomic E-state index is 0.000687. The molecular formula is C18H25FN2O4. The smallest absolute Gasteiger partial charge is 0.240 e. The van der Waals surface area contributed by atoms with Crippen LogP contribution in [0.5, 0.6) is 11.5 Å². The highest BCUT2D eigenvalue weighted by molar-refractivity contribution is 5.82. The van der Waals surface area contributed by atoms with Crippen LogP contribution in [0.25, 0.3) is 0 Å². The van der Waals surface area contributed by atoms with Gasteiger partial charge in [-0.15, -0.1) is 0 Å². The second-order valence-corrected chi connectivity index (χ2v) is 6.28. The van der Waals surface area contributed by atoms with Gasteiger partial charge in [-0.25, -0.2) is 4.39 Å². The van der Waals surface area contributed by atoms with Crippen molar-refractivity contribution >= 4 is 5.91 Å². The molecule has 0 bridgehead atoms. The van der Waals surface area contributed by atoms with Gasteiger partial charge in [0, 0.05) is 32.6 Å². The predicted molar refractivity (Wildman–Crippen MR) is 90.8 cm³/mol. The number of halogens is 1. The van der Waals surface area contributed by atoms with Gasteiger partial charge in [0.15, 0.2) is 11.5 Å². The van der Waals surface area contributed by atoms with Crippen LogP contribution in [-0.4, -0.2) is 81.0 Å². The number of para-hydroxylation sites is 2.